The zero-order valence-electron chi connectivity index (χ0n) is 23.0. The smallest absolute Gasteiger partial charge is 0.275 e. The molecule has 0 fully saturated rings. The van der Waals surface area contributed by atoms with Gasteiger partial charge in [-0.25, -0.2) is 5.01 Å². The number of carbonyl (C=O) groups is 1. The number of ether oxygens (including phenoxy) is 1. The minimum absolute atomic E-state index is 0.141. The van der Waals surface area contributed by atoms with Crippen LogP contribution in [0, 0.1) is 0 Å². The first-order chi connectivity index (χ1) is 18.4. The first-order valence-corrected chi connectivity index (χ1v) is 13.5. The van der Waals surface area contributed by atoms with Gasteiger partial charge in [0.2, 0.25) is 0 Å². The summed E-state index contributed by atoms with van der Waals surface area (Å²) in [6.45, 7) is 18.0. The van der Waals surface area contributed by atoms with Crippen molar-refractivity contribution in [1.29, 1.82) is 0 Å². The molecule has 0 saturated carbocycles. The third-order valence-corrected chi connectivity index (χ3v) is 7.64. The summed E-state index contributed by atoms with van der Waals surface area (Å²) in [4.78, 5) is 18.6. The highest BCUT2D eigenvalue weighted by Gasteiger charge is 2.57. The van der Waals surface area contributed by atoms with Gasteiger partial charge in [0, 0.05) is 78.2 Å². The fourth-order valence-corrected chi connectivity index (χ4v) is 5.80. The van der Waals surface area contributed by atoms with E-state index in [0.29, 0.717) is 5.56 Å². The third-order valence-electron chi connectivity index (χ3n) is 7.64. The summed E-state index contributed by atoms with van der Waals surface area (Å²) in [6, 6.07) is 20.5. The molecule has 196 valence electrons. The summed E-state index contributed by atoms with van der Waals surface area (Å²) in [7, 11) is 0. The largest absolute Gasteiger partial charge is 0.456 e. The Hall–Kier alpha value is -4.06. The Bertz CT molecular complexity index is 1360. The fraction of sp³-hybridized carbons (Fsp3) is 0.312. The van der Waals surface area contributed by atoms with Crippen molar-refractivity contribution in [1.82, 2.24) is 5.01 Å². The van der Waals surface area contributed by atoms with E-state index in [4.69, 9.17) is 9.84 Å². The van der Waals surface area contributed by atoms with Gasteiger partial charge in [0.1, 0.15) is 17.0 Å². The zero-order valence-corrected chi connectivity index (χ0v) is 23.0. The van der Waals surface area contributed by atoms with E-state index < -0.39 is 5.54 Å². The van der Waals surface area contributed by atoms with Gasteiger partial charge in [0.25, 0.3) is 5.91 Å². The molecule has 0 bridgehead atoms. The summed E-state index contributed by atoms with van der Waals surface area (Å²) < 4.78 is 6.69. The molecule has 0 N–H and O–H groups in total. The molecule has 6 nitrogen and oxygen atoms in total. The predicted molar refractivity (Wildman–Crippen MR) is 156 cm³/mol. The molecule has 2 aliphatic heterocycles. The Morgan fingerprint density at radius 3 is 1.89 bits per heavy atom. The van der Waals surface area contributed by atoms with Crippen molar-refractivity contribution >= 4 is 23.5 Å². The minimum atomic E-state index is -0.966. The number of allylic oxidation sites excluding steroid dienone is 1. The summed E-state index contributed by atoms with van der Waals surface area (Å²) in [5, 5.41) is 6.38. The number of nitrogens with zero attached hydrogens (tertiary/aromatic N) is 4. The Kier molecular flexibility index (Phi) is 6.74. The molecule has 2 aliphatic rings. The Morgan fingerprint density at radius 1 is 0.868 bits per heavy atom. The molecule has 38 heavy (non-hydrogen) atoms. The lowest BCUT2D eigenvalue weighted by molar-refractivity contribution is 0.0675. The van der Waals surface area contributed by atoms with E-state index in [1.165, 1.54) is 0 Å². The topological polar surface area (TPSA) is 48.4 Å². The van der Waals surface area contributed by atoms with Crippen LogP contribution in [0.4, 0.5) is 11.4 Å². The summed E-state index contributed by atoms with van der Waals surface area (Å²) in [5.74, 6) is 1.33. The van der Waals surface area contributed by atoms with Crippen LogP contribution in [0.3, 0.4) is 0 Å². The monoisotopic (exact) mass is 508 g/mol. The third kappa shape index (κ3) is 3.78. The number of hydrogen-bond acceptors (Lipinski definition) is 5. The normalized spacial score (nSPS) is 14.8. The van der Waals surface area contributed by atoms with E-state index in [9.17, 15) is 4.79 Å². The van der Waals surface area contributed by atoms with E-state index in [2.05, 4.69) is 80.5 Å². The Balaban J connectivity index is 1.85. The zero-order chi connectivity index (χ0) is 27.0. The maximum Gasteiger partial charge on any atom is 0.275 e. The lowest BCUT2D eigenvalue weighted by atomic mass is 9.75. The van der Waals surface area contributed by atoms with Gasteiger partial charge in [-0.1, -0.05) is 36.9 Å². The number of carbonyl (C=O) groups excluding carboxylic acids is 1. The standard InChI is InChI=1S/C32H36N4O2/c1-7-34(8-2)23-15-17-27-29(19-23)38-30-20-24(35(9-3)10-4)16-18-28(30)32(27)26-14-12-11-13-25(26)31(37)36(32)33-21-22(5)6/h11-21H,5,7-10H2,1-4,6H3/b33-21+. The van der Waals surface area contributed by atoms with Crippen LogP contribution in [0.2, 0.25) is 0 Å². The van der Waals surface area contributed by atoms with Crippen molar-refractivity contribution in [2.45, 2.75) is 40.2 Å². The average Bonchev–Trinajstić information content (AvgIpc) is 3.17. The van der Waals surface area contributed by atoms with Gasteiger partial charge in [-0.05, 0) is 58.4 Å². The van der Waals surface area contributed by atoms with Crippen molar-refractivity contribution in [2.75, 3.05) is 36.0 Å². The minimum Gasteiger partial charge on any atom is -0.456 e. The molecule has 0 radical (unpaired) electrons. The second kappa shape index (κ2) is 10.0. The molecule has 3 aromatic carbocycles. The van der Waals surface area contributed by atoms with Crippen LogP contribution >= 0.6 is 0 Å². The van der Waals surface area contributed by atoms with Gasteiger partial charge in [-0.3, -0.25) is 4.79 Å². The van der Waals surface area contributed by atoms with Gasteiger partial charge in [-0.2, -0.15) is 5.10 Å². The van der Waals surface area contributed by atoms with Crippen molar-refractivity contribution in [3.63, 3.8) is 0 Å². The van der Waals surface area contributed by atoms with E-state index in [1.54, 1.807) is 11.2 Å². The second-order valence-electron chi connectivity index (χ2n) is 9.77. The van der Waals surface area contributed by atoms with Crippen molar-refractivity contribution < 1.29 is 9.53 Å². The highest BCUT2D eigenvalue weighted by molar-refractivity contribution is 6.02. The molecule has 0 unspecified atom stereocenters. The second-order valence-corrected chi connectivity index (χ2v) is 9.77. The number of amides is 1. The first kappa shape index (κ1) is 25.6. The highest BCUT2D eigenvalue weighted by Crippen LogP contribution is 2.58. The maximum atomic E-state index is 14.0. The SMILES string of the molecule is C=C(C)/C=N/N1C(=O)c2ccccc2C12c1ccc(N(CC)CC)cc1Oc1cc(N(CC)CC)ccc12. The fourth-order valence-electron chi connectivity index (χ4n) is 5.80. The molecule has 0 atom stereocenters. The van der Waals surface area contributed by atoms with Crippen LogP contribution in [0.25, 0.3) is 0 Å². The van der Waals surface area contributed by atoms with E-state index >= 15 is 0 Å². The Morgan fingerprint density at radius 2 is 1.39 bits per heavy atom. The quantitative estimate of drug-likeness (QED) is 0.314. The molecule has 6 heteroatoms. The van der Waals surface area contributed by atoms with Gasteiger partial charge in [0.15, 0.2) is 0 Å². The lowest BCUT2D eigenvalue weighted by Gasteiger charge is -2.42. The predicted octanol–water partition coefficient (Wildman–Crippen LogP) is 6.79. The number of hydrazone groups is 1. The van der Waals surface area contributed by atoms with Gasteiger partial charge < -0.3 is 14.5 Å². The highest BCUT2D eigenvalue weighted by atomic mass is 16.5. The van der Waals surface area contributed by atoms with E-state index in [-0.39, 0.29) is 5.91 Å². The van der Waals surface area contributed by atoms with Crippen LogP contribution in [-0.4, -0.2) is 43.3 Å². The molecule has 5 rings (SSSR count). The molecular weight excluding hydrogens is 472 g/mol. The van der Waals surface area contributed by atoms with E-state index in [1.807, 2.05) is 31.2 Å². The number of benzene rings is 3. The van der Waals surface area contributed by atoms with Gasteiger partial charge >= 0.3 is 0 Å². The van der Waals surface area contributed by atoms with Crippen molar-refractivity contribution in [2.24, 2.45) is 5.10 Å². The average molecular weight is 509 g/mol. The van der Waals surface area contributed by atoms with Crippen LogP contribution in [-0.2, 0) is 5.54 Å². The molecule has 3 aromatic rings. The molecular formula is C32H36N4O2. The van der Waals surface area contributed by atoms with E-state index in [0.717, 1.165) is 71.3 Å². The molecule has 2 heterocycles. The molecule has 0 saturated heterocycles. The van der Waals surface area contributed by atoms with Crippen molar-refractivity contribution in [3.05, 3.63) is 95.1 Å². The number of hydrogen-bond donors (Lipinski definition) is 0. The first-order valence-electron chi connectivity index (χ1n) is 13.5. The van der Waals surface area contributed by atoms with Gasteiger partial charge in [-0.15, -0.1) is 0 Å². The molecule has 1 spiro atoms. The Labute approximate surface area is 225 Å². The number of fused-ring (bicyclic) bond motifs is 6. The number of anilines is 2. The maximum absolute atomic E-state index is 14.0. The summed E-state index contributed by atoms with van der Waals surface area (Å²) >= 11 is 0. The van der Waals surface area contributed by atoms with Crippen LogP contribution in [0.5, 0.6) is 11.5 Å². The molecule has 0 aromatic heterocycles. The number of rotatable bonds is 8. The lowest BCUT2D eigenvalue weighted by Crippen LogP contribution is -2.44. The summed E-state index contributed by atoms with van der Waals surface area (Å²) in [6.07, 6.45) is 1.66. The van der Waals surface area contributed by atoms with Gasteiger partial charge in [0.05, 0.1) is 0 Å². The summed E-state index contributed by atoms with van der Waals surface area (Å²) in [5.41, 5.74) is 5.31. The van der Waals surface area contributed by atoms with Crippen LogP contribution in [0.15, 0.2) is 77.9 Å². The van der Waals surface area contributed by atoms with Crippen LogP contribution < -0.4 is 14.5 Å². The van der Waals surface area contributed by atoms with Crippen LogP contribution in [0.1, 0.15) is 61.7 Å². The van der Waals surface area contributed by atoms with Crippen molar-refractivity contribution in [3.8, 4) is 11.5 Å². The molecule has 1 amide bonds. The molecule has 0 aliphatic carbocycles.